The average molecular weight is 410 g/mol. The summed E-state index contributed by atoms with van der Waals surface area (Å²) < 4.78 is 40.7. The van der Waals surface area contributed by atoms with Crippen LogP contribution in [0.3, 0.4) is 0 Å². The van der Waals surface area contributed by atoms with Crippen molar-refractivity contribution in [2.45, 2.75) is 26.9 Å². The van der Waals surface area contributed by atoms with E-state index in [2.05, 4.69) is 10.4 Å². The Kier molecular flexibility index (Phi) is 6.85. The second kappa shape index (κ2) is 8.93. The van der Waals surface area contributed by atoms with Crippen molar-refractivity contribution in [1.82, 2.24) is 9.78 Å². The number of benzene rings is 2. The van der Waals surface area contributed by atoms with Crippen molar-refractivity contribution in [2.24, 2.45) is 0 Å². The van der Waals surface area contributed by atoms with Gasteiger partial charge < -0.3 is 5.32 Å². The maximum atomic E-state index is 13.1. The van der Waals surface area contributed by atoms with Crippen LogP contribution in [0.25, 0.3) is 5.69 Å². The smallest absolute Gasteiger partial charge is 0.305 e. The standard InChI is InChI=1S/C18H13ClF3N3O.C2H6/c1-11-10-25(15-9-5-4-8-14(15)19)24-16(11)23-17(26)12-6-2-3-7-13(12)18(20,21)22;1-2/h2-10H,1H3,(H,23,24,26);1-2H3. The van der Waals surface area contributed by atoms with Crippen LogP contribution in [-0.2, 0) is 6.18 Å². The number of alkyl halides is 3. The van der Waals surface area contributed by atoms with Crippen molar-refractivity contribution < 1.29 is 18.0 Å². The van der Waals surface area contributed by atoms with Crippen LogP contribution in [0.2, 0.25) is 5.02 Å². The largest absolute Gasteiger partial charge is 0.417 e. The van der Waals surface area contributed by atoms with Gasteiger partial charge in [-0.05, 0) is 31.2 Å². The molecule has 0 spiro atoms. The van der Waals surface area contributed by atoms with E-state index in [9.17, 15) is 18.0 Å². The summed E-state index contributed by atoms with van der Waals surface area (Å²) in [5.74, 6) is -0.725. The van der Waals surface area contributed by atoms with E-state index >= 15 is 0 Å². The minimum Gasteiger partial charge on any atom is -0.305 e. The molecule has 8 heteroatoms. The molecule has 0 radical (unpaired) electrons. The number of carbonyl (C=O) groups is 1. The Morgan fingerprint density at radius 2 is 1.68 bits per heavy atom. The highest BCUT2D eigenvalue weighted by atomic mass is 35.5. The summed E-state index contributed by atoms with van der Waals surface area (Å²) in [5, 5.41) is 7.11. The molecule has 0 saturated carbocycles. The quantitative estimate of drug-likeness (QED) is 0.565. The number of carbonyl (C=O) groups excluding carboxylic acids is 1. The van der Waals surface area contributed by atoms with Gasteiger partial charge in [-0.3, -0.25) is 4.79 Å². The molecule has 0 fully saturated rings. The van der Waals surface area contributed by atoms with E-state index < -0.39 is 23.2 Å². The van der Waals surface area contributed by atoms with E-state index in [1.54, 1.807) is 37.4 Å². The lowest BCUT2D eigenvalue weighted by atomic mass is 10.1. The number of amides is 1. The van der Waals surface area contributed by atoms with E-state index in [4.69, 9.17) is 11.6 Å². The Labute approximate surface area is 165 Å². The third-order valence-corrected chi connectivity index (χ3v) is 4.03. The van der Waals surface area contributed by atoms with Gasteiger partial charge in [0.15, 0.2) is 5.82 Å². The predicted molar refractivity (Wildman–Crippen MR) is 104 cm³/mol. The van der Waals surface area contributed by atoms with Crippen molar-refractivity contribution in [2.75, 3.05) is 5.32 Å². The van der Waals surface area contributed by atoms with Crippen LogP contribution in [0.15, 0.2) is 54.7 Å². The molecule has 148 valence electrons. The summed E-state index contributed by atoms with van der Waals surface area (Å²) in [7, 11) is 0. The van der Waals surface area contributed by atoms with Gasteiger partial charge in [0.25, 0.3) is 5.91 Å². The molecule has 0 unspecified atom stereocenters. The molecule has 0 atom stereocenters. The molecule has 3 aromatic rings. The van der Waals surface area contributed by atoms with Crippen molar-refractivity contribution in [3.8, 4) is 5.69 Å². The van der Waals surface area contributed by atoms with Gasteiger partial charge in [0.05, 0.1) is 21.8 Å². The highest BCUT2D eigenvalue weighted by Gasteiger charge is 2.35. The Balaban J connectivity index is 0.00000136. The second-order valence-electron chi connectivity index (χ2n) is 5.55. The van der Waals surface area contributed by atoms with Gasteiger partial charge in [0.2, 0.25) is 0 Å². The van der Waals surface area contributed by atoms with Crippen LogP contribution in [-0.4, -0.2) is 15.7 Å². The number of aromatic nitrogens is 2. The molecule has 0 aliphatic carbocycles. The Morgan fingerprint density at radius 1 is 1.07 bits per heavy atom. The number of para-hydroxylation sites is 1. The average Bonchev–Trinajstić information content (AvgIpc) is 3.03. The fourth-order valence-corrected chi connectivity index (χ4v) is 2.67. The molecule has 1 heterocycles. The summed E-state index contributed by atoms with van der Waals surface area (Å²) >= 11 is 6.12. The molecule has 28 heavy (non-hydrogen) atoms. The molecule has 4 nitrogen and oxygen atoms in total. The molecule has 0 aliphatic rings. The molecular weight excluding hydrogens is 391 g/mol. The lowest BCUT2D eigenvalue weighted by Crippen LogP contribution is -2.19. The number of hydrogen-bond donors (Lipinski definition) is 1. The van der Waals surface area contributed by atoms with Crippen molar-refractivity contribution >= 4 is 23.3 Å². The highest BCUT2D eigenvalue weighted by molar-refractivity contribution is 6.32. The van der Waals surface area contributed by atoms with Crippen LogP contribution in [0.1, 0.15) is 35.3 Å². The highest BCUT2D eigenvalue weighted by Crippen LogP contribution is 2.32. The molecule has 3 rings (SSSR count). The van der Waals surface area contributed by atoms with Crippen molar-refractivity contribution in [1.29, 1.82) is 0 Å². The van der Waals surface area contributed by atoms with E-state index in [0.717, 1.165) is 12.1 Å². The monoisotopic (exact) mass is 409 g/mol. The van der Waals surface area contributed by atoms with E-state index in [1.807, 2.05) is 13.8 Å². The molecule has 1 N–H and O–H groups in total. The van der Waals surface area contributed by atoms with Gasteiger partial charge in [-0.15, -0.1) is 5.10 Å². The zero-order chi connectivity index (χ0) is 20.9. The van der Waals surface area contributed by atoms with Gasteiger partial charge in [0, 0.05) is 11.8 Å². The van der Waals surface area contributed by atoms with Crippen LogP contribution < -0.4 is 5.32 Å². The van der Waals surface area contributed by atoms with Gasteiger partial charge in [-0.25, -0.2) is 4.68 Å². The zero-order valence-corrected chi connectivity index (χ0v) is 16.3. The van der Waals surface area contributed by atoms with Crippen LogP contribution in [0, 0.1) is 6.92 Å². The van der Waals surface area contributed by atoms with Gasteiger partial charge >= 0.3 is 6.18 Å². The Hall–Kier alpha value is -2.80. The van der Waals surface area contributed by atoms with Crippen LogP contribution in [0.5, 0.6) is 0 Å². The third-order valence-electron chi connectivity index (χ3n) is 3.71. The first-order chi connectivity index (χ1) is 13.3. The summed E-state index contributed by atoms with van der Waals surface area (Å²) in [6.07, 6.45) is -2.99. The molecule has 2 aromatic carbocycles. The lowest BCUT2D eigenvalue weighted by Gasteiger charge is -2.12. The van der Waals surface area contributed by atoms with Gasteiger partial charge in [-0.1, -0.05) is 49.7 Å². The molecule has 0 aliphatic heterocycles. The SMILES string of the molecule is CC.Cc1cn(-c2ccccc2Cl)nc1NC(=O)c1ccccc1C(F)(F)F. The number of halogens is 4. The van der Waals surface area contributed by atoms with Gasteiger partial charge in [0.1, 0.15) is 0 Å². The number of aryl methyl sites for hydroxylation is 1. The number of rotatable bonds is 3. The molecule has 0 saturated heterocycles. The molecular formula is C20H19ClF3N3O. The fraction of sp³-hybridized carbons (Fsp3) is 0.200. The summed E-state index contributed by atoms with van der Waals surface area (Å²) in [5.41, 5.74) is -0.288. The minimum absolute atomic E-state index is 0.159. The van der Waals surface area contributed by atoms with Gasteiger partial charge in [-0.2, -0.15) is 13.2 Å². The zero-order valence-electron chi connectivity index (χ0n) is 15.5. The fourth-order valence-electron chi connectivity index (χ4n) is 2.45. The first-order valence-corrected chi connectivity index (χ1v) is 8.94. The summed E-state index contributed by atoms with van der Waals surface area (Å²) in [4.78, 5) is 12.4. The number of anilines is 1. The Morgan fingerprint density at radius 3 is 2.32 bits per heavy atom. The number of nitrogens with one attached hydrogen (secondary N) is 1. The normalized spacial score (nSPS) is 10.8. The van der Waals surface area contributed by atoms with E-state index in [-0.39, 0.29) is 5.82 Å². The molecule has 1 aromatic heterocycles. The van der Waals surface area contributed by atoms with Crippen LogP contribution in [0.4, 0.5) is 19.0 Å². The second-order valence-corrected chi connectivity index (χ2v) is 5.96. The maximum absolute atomic E-state index is 13.1. The Bertz CT molecular complexity index is 967. The summed E-state index contributed by atoms with van der Waals surface area (Å²) in [6, 6.07) is 11.6. The molecule has 0 bridgehead atoms. The maximum Gasteiger partial charge on any atom is 0.417 e. The number of nitrogens with zero attached hydrogens (tertiary/aromatic N) is 2. The predicted octanol–water partition coefficient (Wildman–Crippen LogP) is 6.13. The first-order valence-electron chi connectivity index (χ1n) is 8.56. The van der Waals surface area contributed by atoms with Crippen molar-refractivity contribution in [3.63, 3.8) is 0 Å². The van der Waals surface area contributed by atoms with Crippen molar-refractivity contribution in [3.05, 3.63) is 76.4 Å². The topological polar surface area (TPSA) is 46.9 Å². The lowest BCUT2D eigenvalue weighted by molar-refractivity contribution is -0.137. The first kappa shape index (κ1) is 21.5. The van der Waals surface area contributed by atoms with Crippen LogP contribution >= 0.6 is 11.6 Å². The molecule has 1 amide bonds. The van der Waals surface area contributed by atoms with E-state index in [0.29, 0.717) is 16.3 Å². The van der Waals surface area contributed by atoms with E-state index in [1.165, 1.54) is 16.8 Å². The third kappa shape index (κ3) is 4.72. The summed E-state index contributed by atoms with van der Waals surface area (Å²) in [6.45, 7) is 5.69. The minimum atomic E-state index is -4.63. The number of hydrogen-bond acceptors (Lipinski definition) is 2.